The Morgan fingerprint density at radius 2 is 1.38 bits per heavy atom. The molecule has 5 nitrogen and oxygen atoms in total. The first-order valence-corrected chi connectivity index (χ1v) is 9.40. The van der Waals surface area contributed by atoms with Crippen molar-refractivity contribution in [1.82, 2.24) is 0 Å². The maximum Gasteiger partial charge on any atom is 0.226 e. The van der Waals surface area contributed by atoms with Crippen molar-refractivity contribution in [2.24, 2.45) is 4.99 Å². The molecule has 3 aromatic carbocycles. The van der Waals surface area contributed by atoms with Gasteiger partial charge in [-0.05, 0) is 47.4 Å². The fourth-order valence-electron chi connectivity index (χ4n) is 3.06. The standard InChI is InChI=1S/C24H24N2O3/c1-17-7-5-11-20(23(17)27)14-25-13-19-9-3-4-10-21(19)15-26(29)16-22-12-6-8-18(2)24(22)28/h3-12,14,16,29H,13,15H2,1-2H3,(H,25,27)/p+1. The highest BCUT2D eigenvalue weighted by Gasteiger charge is 2.11. The molecule has 0 amide bonds. The van der Waals surface area contributed by atoms with Gasteiger partial charge in [0.25, 0.3) is 0 Å². The zero-order valence-corrected chi connectivity index (χ0v) is 16.6. The summed E-state index contributed by atoms with van der Waals surface area (Å²) < 4.78 is 1.06. The third-order valence-electron chi connectivity index (χ3n) is 4.77. The van der Waals surface area contributed by atoms with Crippen molar-refractivity contribution in [2.45, 2.75) is 26.9 Å². The first-order chi connectivity index (χ1) is 14.0. The number of hydrogen-bond donors (Lipinski definition) is 3. The van der Waals surface area contributed by atoms with E-state index in [2.05, 4.69) is 4.99 Å². The number of phenolic OH excluding ortho intramolecular Hbond substituents is 2. The third kappa shape index (κ3) is 5.02. The van der Waals surface area contributed by atoms with Crippen LogP contribution in [0.4, 0.5) is 0 Å². The van der Waals surface area contributed by atoms with Gasteiger partial charge in [0.1, 0.15) is 11.5 Å². The summed E-state index contributed by atoms with van der Waals surface area (Å²) >= 11 is 0. The zero-order valence-electron chi connectivity index (χ0n) is 16.6. The molecule has 0 heterocycles. The molecule has 0 aliphatic rings. The van der Waals surface area contributed by atoms with Gasteiger partial charge in [-0.2, -0.15) is 0 Å². The molecular weight excluding hydrogens is 364 g/mol. The van der Waals surface area contributed by atoms with Gasteiger partial charge in [0, 0.05) is 17.3 Å². The monoisotopic (exact) mass is 389 g/mol. The van der Waals surface area contributed by atoms with Crippen molar-refractivity contribution in [3.05, 3.63) is 94.0 Å². The summed E-state index contributed by atoms with van der Waals surface area (Å²) in [5.41, 5.74) is 4.68. The second-order valence-corrected chi connectivity index (χ2v) is 6.99. The number of hydroxylamine groups is 1. The van der Waals surface area contributed by atoms with Gasteiger partial charge in [0.2, 0.25) is 12.8 Å². The molecule has 0 saturated carbocycles. The Kier molecular flexibility index (Phi) is 6.29. The number of hydrogen-bond acceptors (Lipinski definition) is 4. The maximum atomic E-state index is 10.4. The van der Waals surface area contributed by atoms with Crippen LogP contribution in [0, 0.1) is 13.8 Å². The maximum absolute atomic E-state index is 10.4. The predicted molar refractivity (Wildman–Crippen MR) is 114 cm³/mol. The SMILES string of the molecule is Cc1cccc(C=NCc2ccccc2C/[N+](O)=C/c2cccc(C)c2O)c1O. The summed E-state index contributed by atoms with van der Waals surface area (Å²) in [6, 6.07) is 18.7. The minimum atomic E-state index is 0.155. The van der Waals surface area contributed by atoms with Gasteiger partial charge in [-0.3, -0.25) is 10.2 Å². The molecule has 0 spiro atoms. The van der Waals surface area contributed by atoms with E-state index in [1.165, 1.54) is 6.21 Å². The first kappa shape index (κ1) is 20.1. The zero-order chi connectivity index (χ0) is 20.8. The molecule has 29 heavy (non-hydrogen) atoms. The molecule has 3 rings (SSSR count). The summed E-state index contributed by atoms with van der Waals surface area (Å²) in [6.45, 7) is 4.34. The topological polar surface area (TPSA) is 76.1 Å². The summed E-state index contributed by atoms with van der Waals surface area (Å²) in [4.78, 5) is 4.46. The lowest BCUT2D eigenvalue weighted by molar-refractivity contribution is -0.783. The molecule has 0 aliphatic heterocycles. The molecule has 3 N–H and O–H groups in total. The van der Waals surface area contributed by atoms with Crippen LogP contribution in [-0.2, 0) is 13.1 Å². The quantitative estimate of drug-likeness (QED) is 0.254. The van der Waals surface area contributed by atoms with Gasteiger partial charge in [-0.25, -0.2) is 0 Å². The highest BCUT2D eigenvalue weighted by atomic mass is 16.5. The molecule has 0 aliphatic carbocycles. The average molecular weight is 389 g/mol. The second kappa shape index (κ2) is 9.06. The molecule has 0 bridgehead atoms. The van der Waals surface area contributed by atoms with Crippen LogP contribution in [0.5, 0.6) is 11.5 Å². The van der Waals surface area contributed by atoms with Crippen LogP contribution in [0.3, 0.4) is 0 Å². The number of rotatable bonds is 6. The first-order valence-electron chi connectivity index (χ1n) is 9.40. The van der Waals surface area contributed by atoms with Crippen LogP contribution in [0.15, 0.2) is 65.7 Å². The number of phenols is 2. The van der Waals surface area contributed by atoms with E-state index in [9.17, 15) is 15.4 Å². The Hall–Kier alpha value is -3.60. The number of nitrogens with zero attached hydrogens (tertiary/aromatic N) is 2. The Balaban J connectivity index is 1.77. The van der Waals surface area contributed by atoms with E-state index in [-0.39, 0.29) is 18.0 Å². The molecule has 0 saturated heterocycles. The fourth-order valence-corrected chi connectivity index (χ4v) is 3.06. The number of aromatic hydroxyl groups is 2. The van der Waals surface area contributed by atoms with E-state index in [1.54, 1.807) is 12.3 Å². The van der Waals surface area contributed by atoms with E-state index in [1.807, 2.05) is 68.4 Å². The molecule has 0 atom stereocenters. The van der Waals surface area contributed by atoms with E-state index in [0.29, 0.717) is 17.7 Å². The molecule has 5 heteroatoms. The minimum absolute atomic E-state index is 0.155. The summed E-state index contributed by atoms with van der Waals surface area (Å²) in [5, 5.41) is 30.6. The molecule has 0 aromatic heterocycles. The van der Waals surface area contributed by atoms with Crippen molar-refractivity contribution < 1.29 is 20.2 Å². The molecule has 3 aromatic rings. The smallest absolute Gasteiger partial charge is 0.226 e. The lowest BCUT2D eigenvalue weighted by Crippen LogP contribution is -2.10. The Bertz CT molecular complexity index is 1070. The summed E-state index contributed by atoms with van der Waals surface area (Å²) in [7, 11) is 0. The van der Waals surface area contributed by atoms with E-state index >= 15 is 0 Å². The molecule has 0 unspecified atom stereocenters. The van der Waals surface area contributed by atoms with Gasteiger partial charge >= 0.3 is 0 Å². The van der Waals surface area contributed by atoms with Crippen LogP contribution >= 0.6 is 0 Å². The Morgan fingerprint density at radius 3 is 2.07 bits per heavy atom. The van der Waals surface area contributed by atoms with Crippen molar-refractivity contribution in [2.75, 3.05) is 0 Å². The number of para-hydroxylation sites is 2. The normalized spacial score (nSPS) is 11.9. The van der Waals surface area contributed by atoms with Gasteiger partial charge in [-0.1, -0.05) is 48.5 Å². The van der Waals surface area contributed by atoms with Gasteiger partial charge in [-0.15, -0.1) is 0 Å². The molecule has 148 valence electrons. The summed E-state index contributed by atoms with van der Waals surface area (Å²) in [5.74, 6) is 0.390. The minimum Gasteiger partial charge on any atom is -0.507 e. The number of aliphatic imine (C=N–C) groups is 1. The van der Waals surface area contributed by atoms with E-state index in [0.717, 1.165) is 27.0 Å². The van der Waals surface area contributed by atoms with Gasteiger partial charge < -0.3 is 10.2 Å². The third-order valence-corrected chi connectivity index (χ3v) is 4.77. The van der Waals surface area contributed by atoms with E-state index < -0.39 is 0 Å². The van der Waals surface area contributed by atoms with Crippen LogP contribution < -0.4 is 0 Å². The van der Waals surface area contributed by atoms with Gasteiger partial charge in [0.15, 0.2) is 0 Å². The van der Waals surface area contributed by atoms with Crippen molar-refractivity contribution in [3.8, 4) is 11.5 Å². The highest BCUT2D eigenvalue weighted by Crippen LogP contribution is 2.21. The van der Waals surface area contributed by atoms with Crippen LogP contribution in [0.2, 0.25) is 0 Å². The lowest BCUT2D eigenvalue weighted by atomic mass is 10.1. The van der Waals surface area contributed by atoms with Crippen LogP contribution in [0.1, 0.15) is 33.4 Å². The second-order valence-electron chi connectivity index (χ2n) is 6.99. The number of aryl methyl sites for hydroxylation is 2. The lowest BCUT2D eigenvalue weighted by Gasteiger charge is -2.05. The Morgan fingerprint density at radius 1 is 0.793 bits per heavy atom. The predicted octanol–water partition coefficient (Wildman–Crippen LogP) is 4.35. The largest absolute Gasteiger partial charge is 0.507 e. The average Bonchev–Trinajstić information content (AvgIpc) is 2.70. The van der Waals surface area contributed by atoms with Crippen LogP contribution in [0.25, 0.3) is 0 Å². The molecular formula is C24H25N2O3+. The van der Waals surface area contributed by atoms with Crippen molar-refractivity contribution in [3.63, 3.8) is 0 Å². The number of benzene rings is 3. The molecule has 0 radical (unpaired) electrons. The van der Waals surface area contributed by atoms with Crippen molar-refractivity contribution >= 4 is 12.4 Å². The molecule has 0 fully saturated rings. The summed E-state index contributed by atoms with van der Waals surface area (Å²) in [6.07, 6.45) is 3.17. The van der Waals surface area contributed by atoms with Crippen molar-refractivity contribution in [1.29, 1.82) is 0 Å². The highest BCUT2D eigenvalue weighted by molar-refractivity contribution is 5.84. The fraction of sp³-hybridized carbons (Fsp3) is 0.167. The van der Waals surface area contributed by atoms with Gasteiger partial charge in [0.05, 0.1) is 12.1 Å². The van der Waals surface area contributed by atoms with E-state index in [4.69, 9.17) is 0 Å². The van der Waals surface area contributed by atoms with Crippen LogP contribution in [-0.4, -0.2) is 32.6 Å². The Labute approximate surface area is 170 Å².